The molecule has 0 spiro atoms. The highest BCUT2D eigenvalue weighted by Crippen LogP contribution is 2.27. The van der Waals surface area contributed by atoms with Crippen LogP contribution in [-0.4, -0.2) is 12.1 Å². The first-order chi connectivity index (χ1) is 9.35. The normalized spacial score (nSPS) is 10.6. The van der Waals surface area contributed by atoms with E-state index in [1.54, 1.807) is 18.4 Å². The number of methoxy groups -OCH3 is 1. The second-order valence-corrected chi connectivity index (χ2v) is 5.08. The van der Waals surface area contributed by atoms with Crippen molar-refractivity contribution >= 4 is 21.6 Å². The smallest absolute Gasteiger partial charge is 0.274 e. The van der Waals surface area contributed by atoms with E-state index in [1.165, 1.54) is 0 Å². The quantitative estimate of drug-likeness (QED) is 0.721. The van der Waals surface area contributed by atoms with Gasteiger partial charge in [-0.05, 0) is 29.8 Å². The van der Waals surface area contributed by atoms with E-state index < -0.39 is 0 Å². The van der Waals surface area contributed by atoms with Gasteiger partial charge >= 0.3 is 0 Å². The van der Waals surface area contributed by atoms with Crippen molar-refractivity contribution in [3.05, 3.63) is 54.1 Å². The summed E-state index contributed by atoms with van der Waals surface area (Å²) in [5.41, 5.74) is 2.08. The van der Waals surface area contributed by atoms with Crippen molar-refractivity contribution in [3.8, 4) is 10.9 Å². The molecule has 3 aromatic rings. The first-order valence-corrected chi connectivity index (χ1v) is 6.78. The van der Waals surface area contributed by atoms with Gasteiger partial charge in [0.2, 0.25) is 0 Å². The van der Waals surface area contributed by atoms with Crippen molar-refractivity contribution in [2.24, 2.45) is 0 Å². The second-order valence-electron chi connectivity index (χ2n) is 4.08. The van der Waals surface area contributed by atoms with Crippen molar-refractivity contribution in [3.63, 3.8) is 0 Å². The van der Waals surface area contributed by atoms with Crippen LogP contribution in [-0.2, 0) is 6.61 Å². The standard InChI is InChI=1S/C15H13NO2S/c1-17-12-8-6-11(7-9-12)10-18-15-16-13-4-2-3-5-14(13)19-15/h2-9H,10H2,1H3. The Kier molecular flexibility index (Phi) is 3.33. The molecule has 0 unspecified atom stereocenters. The molecular weight excluding hydrogens is 258 g/mol. The van der Waals surface area contributed by atoms with Crippen LogP contribution in [0.15, 0.2) is 48.5 Å². The number of para-hydroxylation sites is 1. The van der Waals surface area contributed by atoms with Gasteiger partial charge in [0.1, 0.15) is 12.4 Å². The molecule has 2 aromatic carbocycles. The molecule has 0 atom stereocenters. The average Bonchev–Trinajstić information content (AvgIpc) is 2.88. The monoisotopic (exact) mass is 271 g/mol. The van der Waals surface area contributed by atoms with Crippen molar-refractivity contribution in [1.29, 1.82) is 0 Å². The third-order valence-corrected chi connectivity index (χ3v) is 3.74. The Balaban J connectivity index is 1.70. The van der Waals surface area contributed by atoms with Gasteiger partial charge in [0.25, 0.3) is 5.19 Å². The topological polar surface area (TPSA) is 31.4 Å². The fraction of sp³-hybridized carbons (Fsp3) is 0.133. The Hall–Kier alpha value is -2.07. The summed E-state index contributed by atoms with van der Waals surface area (Å²) in [5.74, 6) is 0.851. The lowest BCUT2D eigenvalue weighted by molar-refractivity contribution is 0.305. The third kappa shape index (κ3) is 2.69. The molecule has 1 heterocycles. The van der Waals surface area contributed by atoms with E-state index in [9.17, 15) is 0 Å². The van der Waals surface area contributed by atoms with Gasteiger partial charge in [-0.2, -0.15) is 0 Å². The molecule has 0 bridgehead atoms. The minimum absolute atomic E-state index is 0.518. The van der Waals surface area contributed by atoms with Gasteiger partial charge in [-0.1, -0.05) is 35.6 Å². The van der Waals surface area contributed by atoms with Crippen LogP contribution >= 0.6 is 11.3 Å². The first-order valence-electron chi connectivity index (χ1n) is 5.96. The van der Waals surface area contributed by atoms with Crippen molar-refractivity contribution in [1.82, 2.24) is 4.98 Å². The van der Waals surface area contributed by atoms with Crippen LogP contribution in [0, 0.1) is 0 Å². The molecule has 1 aromatic heterocycles. The maximum Gasteiger partial charge on any atom is 0.274 e. The molecule has 0 aliphatic heterocycles. The summed E-state index contributed by atoms with van der Waals surface area (Å²) >= 11 is 1.57. The molecule has 0 aliphatic rings. The molecule has 0 amide bonds. The summed E-state index contributed by atoms with van der Waals surface area (Å²) in [5, 5.41) is 0.706. The fourth-order valence-corrected chi connectivity index (χ4v) is 2.59. The molecular formula is C15H13NO2S. The van der Waals surface area contributed by atoms with Crippen LogP contribution in [0.3, 0.4) is 0 Å². The minimum Gasteiger partial charge on any atom is -0.497 e. The summed E-state index contributed by atoms with van der Waals surface area (Å²) in [6, 6.07) is 15.9. The number of rotatable bonds is 4. The lowest BCUT2D eigenvalue weighted by Gasteiger charge is -2.03. The van der Waals surface area contributed by atoms with Crippen LogP contribution in [0.25, 0.3) is 10.2 Å². The maximum atomic E-state index is 5.72. The predicted octanol–water partition coefficient (Wildman–Crippen LogP) is 3.88. The van der Waals surface area contributed by atoms with Gasteiger partial charge in [-0.3, -0.25) is 0 Å². The zero-order valence-corrected chi connectivity index (χ0v) is 11.3. The molecule has 0 radical (unpaired) electrons. The molecule has 0 saturated carbocycles. The van der Waals surface area contributed by atoms with Gasteiger partial charge in [-0.15, -0.1) is 0 Å². The van der Waals surface area contributed by atoms with Gasteiger partial charge in [0.15, 0.2) is 0 Å². The number of fused-ring (bicyclic) bond motifs is 1. The lowest BCUT2D eigenvalue weighted by atomic mass is 10.2. The summed E-state index contributed by atoms with van der Waals surface area (Å²) in [6.07, 6.45) is 0. The number of aromatic nitrogens is 1. The van der Waals surface area contributed by atoms with E-state index in [0.717, 1.165) is 21.5 Å². The molecule has 3 rings (SSSR count). The predicted molar refractivity (Wildman–Crippen MR) is 76.9 cm³/mol. The highest BCUT2D eigenvalue weighted by molar-refractivity contribution is 7.20. The zero-order chi connectivity index (χ0) is 13.1. The Labute approximate surface area is 115 Å². The molecule has 0 saturated heterocycles. The zero-order valence-electron chi connectivity index (χ0n) is 10.5. The molecule has 0 aliphatic carbocycles. The fourth-order valence-electron chi connectivity index (χ4n) is 1.78. The van der Waals surface area contributed by atoms with Gasteiger partial charge in [0, 0.05) is 0 Å². The molecule has 3 nitrogen and oxygen atoms in total. The number of thiazole rings is 1. The molecule has 96 valence electrons. The molecule has 4 heteroatoms. The van der Waals surface area contributed by atoms with Gasteiger partial charge < -0.3 is 9.47 Å². The van der Waals surface area contributed by atoms with Crippen molar-refractivity contribution < 1.29 is 9.47 Å². The number of ether oxygens (including phenoxy) is 2. The molecule has 19 heavy (non-hydrogen) atoms. The highest BCUT2D eigenvalue weighted by atomic mass is 32.1. The summed E-state index contributed by atoms with van der Waals surface area (Å²) in [7, 11) is 1.66. The summed E-state index contributed by atoms with van der Waals surface area (Å²) < 4.78 is 12.0. The number of hydrogen-bond donors (Lipinski definition) is 0. The summed E-state index contributed by atoms with van der Waals surface area (Å²) in [6.45, 7) is 0.518. The molecule has 0 fully saturated rings. The van der Waals surface area contributed by atoms with E-state index in [1.807, 2.05) is 48.5 Å². The first kappa shape index (κ1) is 12.0. The SMILES string of the molecule is COc1ccc(COc2nc3ccccc3s2)cc1. The van der Waals surface area contributed by atoms with Gasteiger partial charge in [0.05, 0.1) is 17.3 Å². The largest absolute Gasteiger partial charge is 0.497 e. The van der Waals surface area contributed by atoms with Crippen molar-refractivity contribution in [2.75, 3.05) is 7.11 Å². The number of nitrogens with zero attached hydrogens (tertiary/aromatic N) is 1. The Morgan fingerprint density at radius 3 is 2.58 bits per heavy atom. The van der Waals surface area contributed by atoms with E-state index in [-0.39, 0.29) is 0 Å². The Morgan fingerprint density at radius 1 is 1.05 bits per heavy atom. The van der Waals surface area contributed by atoms with Crippen LogP contribution < -0.4 is 9.47 Å². The second kappa shape index (κ2) is 5.28. The third-order valence-electron chi connectivity index (χ3n) is 2.80. The minimum atomic E-state index is 0.518. The average molecular weight is 271 g/mol. The van der Waals surface area contributed by atoms with Crippen LogP contribution in [0.4, 0.5) is 0 Å². The van der Waals surface area contributed by atoms with E-state index in [4.69, 9.17) is 9.47 Å². The van der Waals surface area contributed by atoms with Crippen LogP contribution in [0.1, 0.15) is 5.56 Å². The van der Waals surface area contributed by atoms with Gasteiger partial charge in [-0.25, -0.2) is 4.98 Å². The highest BCUT2D eigenvalue weighted by Gasteiger charge is 2.04. The Morgan fingerprint density at radius 2 is 1.84 bits per heavy atom. The Bertz CT molecular complexity index is 643. The van der Waals surface area contributed by atoms with Crippen LogP contribution in [0.2, 0.25) is 0 Å². The van der Waals surface area contributed by atoms with E-state index >= 15 is 0 Å². The van der Waals surface area contributed by atoms with Crippen LogP contribution in [0.5, 0.6) is 10.9 Å². The maximum absolute atomic E-state index is 5.72. The van der Waals surface area contributed by atoms with E-state index in [2.05, 4.69) is 4.98 Å². The number of benzene rings is 2. The lowest BCUT2D eigenvalue weighted by Crippen LogP contribution is -1.94. The molecule has 0 N–H and O–H groups in total. The van der Waals surface area contributed by atoms with Crippen molar-refractivity contribution in [2.45, 2.75) is 6.61 Å². The summed E-state index contributed by atoms with van der Waals surface area (Å²) in [4.78, 5) is 4.43. The number of hydrogen-bond acceptors (Lipinski definition) is 4. The van der Waals surface area contributed by atoms with E-state index in [0.29, 0.717) is 11.8 Å².